The van der Waals surface area contributed by atoms with Crippen molar-refractivity contribution in [2.24, 2.45) is 16.5 Å². The number of amidine groups is 1. The molecule has 1 fully saturated rings. The molecule has 1 aromatic carbocycles. The van der Waals surface area contributed by atoms with Crippen LogP contribution in [0.4, 0.5) is 11.4 Å². The van der Waals surface area contributed by atoms with Gasteiger partial charge < -0.3 is 26.6 Å². The lowest BCUT2D eigenvalue weighted by molar-refractivity contribution is 0.397. The summed E-state index contributed by atoms with van der Waals surface area (Å²) in [6.07, 6.45) is 11.5. The second kappa shape index (κ2) is 11.3. The number of aromatic nitrogens is 3. The number of hydrogen-bond acceptors (Lipinski definition) is 7. The van der Waals surface area contributed by atoms with E-state index in [-0.39, 0.29) is 17.8 Å². The zero-order valence-corrected chi connectivity index (χ0v) is 22.8. The fourth-order valence-corrected chi connectivity index (χ4v) is 5.38. The van der Waals surface area contributed by atoms with Crippen molar-refractivity contribution in [3.63, 3.8) is 0 Å². The van der Waals surface area contributed by atoms with E-state index in [0.29, 0.717) is 11.7 Å². The van der Waals surface area contributed by atoms with Gasteiger partial charge in [0.25, 0.3) is 0 Å². The quantitative estimate of drug-likeness (QED) is 0.149. The van der Waals surface area contributed by atoms with Crippen molar-refractivity contribution in [1.29, 1.82) is 0 Å². The van der Waals surface area contributed by atoms with Crippen LogP contribution in [0.15, 0.2) is 53.9 Å². The Hall–Kier alpha value is -4.11. The maximum Gasteiger partial charge on any atom is 0.213 e. The van der Waals surface area contributed by atoms with Gasteiger partial charge in [0.15, 0.2) is 0 Å². The summed E-state index contributed by atoms with van der Waals surface area (Å²) in [5, 5.41) is 18.4. The molecule has 9 heteroatoms. The summed E-state index contributed by atoms with van der Waals surface area (Å²) in [6, 6.07) is 9.56. The Morgan fingerprint density at radius 2 is 2.03 bits per heavy atom. The number of fused-ring (bicyclic) bond motifs is 1. The van der Waals surface area contributed by atoms with Crippen LogP contribution in [0.3, 0.4) is 0 Å². The number of hydrogen-bond donors (Lipinski definition) is 4. The second-order valence-corrected chi connectivity index (χ2v) is 10.3. The molecule has 2 unspecified atom stereocenters. The molecule has 0 spiro atoms. The molecule has 0 saturated heterocycles. The number of methoxy groups -OCH3 is 1. The van der Waals surface area contributed by atoms with Crippen LogP contribution < -0.4 is 21.5 Å². The number of aliphatic imine (C=N–C) groups is 1. The van der Waals surface area contributed by atoms with E-state index >= 15 is 0 Å². The van der Waals surface area contributed by atoms with Gasteiger partial charge in [-0.15, -0.1) is 0 Å². The topological polar surface area (TPSA) is 136 Å². The van der Waals surface area contributed by atoms with E-state index < -0.39 is 0 Å². The molecule has 6 N–H and O–H groups in total. The van der Waals surface area contributed by atoms with Gasteiger partial charge in [0.05, 0.1) is 35.8 Å². The largest absolute Gasteiger partial charge is 0.508 e. The fraction of sp³-hybridized carbons (Fsp3) is 0.367. The second-order valence-electron chi connectivity index (χ2n) is 10.3. The highest BCUT2D eigenvalue weighted by molar-refractivity contribution is 6.06. The molecule has 3 aromatic heterocycles. The number of nitrogens with one attached hydrogen (secondary N) is 1. The van der Waals surface area contributed by atoms with Gasteiger partial charge in [0.1, 0.15) is 11.6 Å². The van der Waals surface area contributed by atoms with Crippen LogP contribution in [-0.2, 0) is 6.42 Å². The van der Waals surface area contributed by atoms with E-state index in [1.165, 1.54) is 0 Å². The molecule has 4 aromatic rings. The molecule has 0 aliphatic heterocycles. The first-order valence-corrected chi connectivity index (χ1v) is 13.6. The van der Waals surface area contributed by atoms with Crippen LogP contribution in [0, 0.1) is 6.92 Å². The number of nitrogens with two attached hydrogens (primary N) is 2. The third kappa shape index (κ3) is 5.68. The Morgan fingerprint density at radius 1 is 1.21 bits per heavy atom. The van der Waals surface area contributed by atoms with E-state index in [2.05, 4.69) is 16.4 Å². The number of benzene rings is 1. The number of aromatic hydroxyl groups is 1. The molecule has 1 aliphatic carbocycles. The predicted octanol–water partition coefficient (Wildman–Crippen LogP) is 5.09. The lowest BCUT2D eigenvalue weighted by atomic mass is 10.0. The van der Waals surface area contributed by atoms with Gasteiger partial charge in [0.2, 0.25) is 5.88 Å². The van der Waals surface area contributed by atoms with Crippen LogP contribution in [0.5, 0.6) is 11.6 Å². The van der Waals surface area contributed by atoms with Crippen LogP contribution in [0.25, 0.3) is 16.6 Å². The third-order valence-electron chi connectivity index (χ3n) is 7.52. The average Bonchev–Trinajstić information content (AvgIpc) is 3.25. The minimum Gasteiger partial charge on any atom is -0.508 e. The van der Waals surface area contributed by atoms with Gasteiger partial charge >= 0.3 is 0 Å². The molecule has 2 atom stereocenters. The Morgan fingerprint density at radius 3 is 2.79 bits per heavy atom. The molecule has 1 aliphatic rings. The van der Waals surface area contributed by atoms with Gasteiger partial charge in [-0.2, -0.15) is 5.10 Å². The van der Waals surface area contributed by atoms with Crippen LogP contribution in [0.2, 0.25) is 0 Å². The van der Waals surface area contributed by atoms with Crippen LogP contribution in [-0.4, -0.2) is 44.7 Å². The maximum absolute atomic E-state index is 9.93. The highest BCUT2D eigenvalue weighted by Gasteiger charge is 2.22. The van der Waals surface area contributed by atoms with Crippen molar-refractivity contribution in [1.82, 2.24) is 14.6 Å². The lowest BCUT2D eigenvalue weighted by Crippen LogP contribution is -2.30. The number of phenols is 1. The number of phenolic OH excluding ortho intramolecular Hbond substituents is 1. The van der Waals surface area contributed by atoms with Crippen molar-refractivity contribution >= 4 is 22.7 Å². The minimum absolute atomic E-state index is 0.164. The molecule has 3 heterocycles. The summed E-state index contributed by atoms with van der Waals surface area (Å²) >= 11 is 0. The van der Waals surface area contributed by atoms with E-state index in [4.69, 9.17) is 26.3 Å². The first kappa shape index (κ1) is 26.5. The maximum atomic E-state index is 9.93. The van der Waals surface area contributed by atoms with E-state index in [1.807, 2.05) is 36.8 Å². The first-order chi connectivity index (χ1) is 18.9. The van der Waals surface area contributed by atoms with Gasteiger partial charge in [-0.3, -0.25) is 0 Å². The summed E-state index contributed by atoms with van der Waals surface area (Å²) in [4.78, 5) is 9.19. The number of nitrogens with zero attached hydrogens (tertiary/aromatic N) is 4. The Bertz CT molecular complexity index is 1510. The first-order valence-electron chi connectivity index (χ1n) is 13.6. The number of aryl methyl sites for hydroxylation is 2. The Labute approximate surface area is 228 Å². The van der Waals surface area contributed by atoms with E-state index in [1.54, 1.807) is 31.5 Å². The molecular weight excluding hydrogens is 490 g/mol. The number of anilines is 1. The minimum atomic E-state index is 0.164. The number of ether oxygens (including phenoxy) is 1. The molecule has 204 valence electrons. The number of rotatable bonds is 7. The Balaban J connectivity index is 1.63. The van der Waals surface area contributed by atoms with Gasteiger partial charge in [-0.05, 0) is 68.0 Å². The van der Waals surface area contributed by atoms with Gasteiger partial charge in [-0.25, -0.2) is 14.5 Å². The van der Waals surface area contributed by atoms with E-state index in [9.17, 15) is 5.11 Å². The van der Waals surface area contributed by atoms with E-state index in [0.717, 1.165) is 83.2 Å². The Kier molecular flexibility index (Phi) is 7.70. The van der Waals surface area contributed by atoms with Crippen molar-refractivity contribution in [2.45, 2.75) is 64.5 Å². The summed E-state index contributed by atoms with van der Waals surface area (Å²) < 4.78 is 7.16. The molecule has 5 rings (SSSR count). The summed E-state index contributed by atoms with van der Waals surface area (Å²) in [5.41, 5.74) is 20.3. The van der Waals surface area contributed by atoms with Gasteiger partial charge in [0, 0.05) is 41.7 Å². The SMILES string of the molecule is CCc1cc(O)ccc1N=C(N)c1cnn2cc(-c3cnc(OC)cc3C)cc2c1NC1CCCCC(N)C1. The van der Waals surface area contributed by atoms with Gasteiger partial charge in [-0.1, -0.05) is 19.8 Å². The molecule has 0 amide bonds. The van der Waals surface area contributed by atoms with Crippen LogP contribution in [0.1, 0.15) is 55.7 Å². The third-order valence-corrected chi connectivity index (χ3v) is 7.52. The van der Waals surface area contributed by atoms with Crippen molar-refractivity contribution in [3.8, 4) is 22.8 Å². The van der Waals surface area contributed by atoms with Crippen molar-refractivity contribution in [3.05, 3.63) is 65.6 Å². The van der Waals surface area contributed by atoms with Crippen LogP contribution >= 0.6 is 0 Å². The number of pyridine rings is 1. The normalized spacial score (nSPS) is 18.2. The summed E-state index contributed by atoms with van der Waals surface area (Å²) in [7, 11) is 1.62. The predicted molar refractivity (Wildman–Crippen MR) is 156 cm³/mol. The summed E-state index contributed by atoms with van der Waals surface area (Å²) in [6.45, 7) is 4.07. The average molecular weight is 528 g/mol. The van der Waals surface area contributed by atoms with Crippen molar-refractivity contribution < 1.29 is 9.84 Å². The summed E-state index contributed by atoms with van der Waals surface area (Å²) in [5.74, 6) is 1.15. The molecule has 0 bridgehead atoms. The smallest absolute Gasteiger partial charge is 0.213 e. The molecular formula is C30H37N7O2. The monoisotopic (exact) mass is 527 g/mol. The molecule has 39 heavy (non-hydrogen) atoms. The zero-order valence-electron chi connectivity index (χ0n) is 22.8. The lowest BCUT2D eigenvalue weighted by Gasteiger charge is -2.22. The highest BCUT2D eigenvalue weighted by atomic mass is 16.5. The highest BCUT2D eigenvalue weighted by Crippen LogP contribution is 2.33. The molecule has 0 radical (unpaired) electrons. The molecule has 9 nitrogen and oxygen atoms in total. The standard InChI is InChI=1S/C30H37N7O2/c1-4-19-12-23(38)9-10-26(19)36-30(32)25-16-34-37-17-20(24-15-33-28(39-3)11-18(24)2)13-27(37)29(25)35-22-8-6-5-7-21(31)14-22/h9-13,15-17,21-22,35,38H,4-8,14,31H2,1-3H3,(H2,32,36). The zero-order chi connectivity index (χ0) is 27.5. The molecule has 1 saturated carbocycles. The fourth-order valence-electron chi connectivity index (χ4n) is 5.38. The van der Waals surface area contributed by atoms with Crippen molar-refractivity contribution in [2.75, 3.05) is 12.4 Å².